The van der Waals surface area contributed by atoms with Crippen LogP contribution in [0.25, 0.3) is 37.0 Å². The maximum atomic E-state index is 13.5. The van der Waals surface area contributed by atoms with Gasteiger partial charge in [-0.05, 0) is 54.2 Å². The Morgan fingerprint density at radius 3 is 2.67 bits per heavy atom. The molecule has 0 radical (unpaired) electrons. The normalized spacial score (nSPS) is 17.0. The van der Waals surface area contributed by atoms with Gasteiger partial charge in [0.15, 0.2) is 0 Å². The molecule has 7 rings (SSSR count). The van der Waals surface area contributed by atoms with Crippen molar-refractivity contribution in [1.29, 1.82) is 0 Å². The predicted octanol–water partition coefficient (Wildman–Crippen LogP) is 7.77. The van der Waals surface area contributed by atoms with Crippen LogP contribution in [0.3, 0.4) is 0 Å². The highest BCUT2D eigenvalue weighted by Gasteiger charge is 2.30. The molecule has 1 amide bonds. The van der Waals surface area contributed by atoms with Crippen molar-refractivity contribution in [2.75, 3.05) is 0 Å². The van der Waals surface area contributed by atoms with E-state index in [1.165, 1.54) is 25.7 Å². The van der Waals surface area contributed by atoms with Crippen molar-refractivity contribution < 1.29 is 9.53 Å². The van der Waals surface area contributed by atoms with Crippen LogP contribution in [-0.2, 0) is 11.3 Å². The molecule has 0 saturated heterocycles. The topological polar surface area (TPSA) is 56.1 Å². The summed E-state index contributed by atoms with van der Waals surface area (Å²) < 4.78 is 10.6. The average Bonchev–Trinajstić information content (AvgIpc) is 3.75. The summed E-state index contributed by atoms with van der Waals surface area (Å²) in [7, 11) is 0. The van der Waals surface area contributed by atoms with Crippen molar-refractivity contribution in [3.05, 3.63) is 121 Å². The van der Waals surface area contributed by atoms with Gasteiger partial charge in [-0.2, -0.15) is 0 Å². The van der Waals surface area contributed by atoms with Crippen LogP contribution in [0.15, 0.2) is 110 Å². The number of ether oxygens (including phenoxy) is 1. The number of nitrogens with one attached hydrogen (secondary N) is 1. The zero-order valence-corrected chi connectivity index (χ0v) is 22.8. The first-order valence-corrected chi connectivity index (χ1v) is 14.6. The van der Waals surface area contributed by atoms with Gasteiger partial charge in [0, 0.05) is 25.9 Å². The van der Waals surface area contributed by atoms with Gasteiger partial charge in [0.25, 0.3) is 5.91 Å². The molecule has 0 unspecified atom stereocenters. The second kappa shape index (κ2) is 10.7. The van der Waals surface area contributed by atoms with Crippen LogP contribution in [0, 0.1) is 0 Å². The summed E-state index contributed by atoms with van der Waals surface area (Å²) in [5.74, 6) is -0.130. The van der Waals surface area contributed by atoms with Gasteiger partial charge < -0.3 is 10.1 Å². The Bertz CT molecular complexity index is 1810. The summed E-state index contributed by atoms with van der Waals surface area (Å²) in [4.78, 5) is 17.8. The van der Waals surface area contributed by atoms with E-state index < -0.39 is 0 Å². The van der Waals surface area contributed by atoms with E-state index in [-0.39, 0.29) is 18.1 Å². The van der Waals surface area contributed by atoms with Crippen LogP contribution < -0.4 is 5.32 Å². The van der Waals surface area contributed by atoms with Crippen molar-refractivity contribution in [1.82, 2.24) is 14.9 Å². The highest BCUT2D eigenvalue weighted by Crippen LogP contribution is 2.40. The number of amides is 1. The molecule has 1 aliphatic carbocycles. The fourth-order valence-electron chi connectivity index (χ4n) is 5.78. The molecular weight excluding hydrogens is 514 g/mol. The predicted molar refractivity (Wildman–Crippen MR) is 162 cm³/mol. The minimum absolute atomic E-state index is 0.00524. The van der Waals surface area contributed by atoms with E-state index in [4.69, 9.17) is 4.74 Å². The average molecular weight is 544 g/mol. The number of benzene rings is 4. The van der Waals surface area contributed by atoms with E-state index in [1.807, 2.05) is 46.2 Å². The lowest BCUT2D eigenvalue weighted by Gasteiger charge is -2.22. The SMILES string of the molecule is O=C(N[C@H]1CCC[C@@H]1OCc1ccccc1)c1cncn1-c1cccc(-c2cccc3c2sc2ccccc23)c1. The smallest absolute Gasteiger partial charge is 0.270 e. The number of hydrogen-bond donors (Lipinski definition) is 1. The minimum Gasteiger partial charge on any atom is -0.371 e. The zero-order chi connectivity index (χ0) is 26.9. The Hall–Kier alpha value is -4.26. The van der Waals surface area contributed by atoms with Gasteiger partial charge in [-0.25, -0.2) is 4.98 Å². The first-order chi connectivity index (χ1) is 19.7. The molecule has 2 atom stereocenters. The van der Waals surface area contributed by atoms with E-state index in [1.54, 1.807) is 12.5 Å². The molecule has 5 nitrogen and oxygen atoms in total. The first kappa shape index (κ1) is 24.8. The van der Waals surface area contributed by atoms with Gasteiger partial charge in [0.1, 0.15) is 5.69 Å². The molecule has 40 heavy (non-hydrogen) atoms. The largest absolute Gasteiger partial charge is 0.371 e. The van der Waals surface area contributed by atoms with Crippen LogP contribution in [0.5, 0.6) is 0 Å². The standard InChI is InChI=1S/C34H29N3O2S/c38-34(36-29-16-8-17-31(29)39-21-23-9-2-1-3-10-23)30-20-35-22-37(30)25-12-6-11-24(19-25)26-14-7-15-28-27-13-4-5-18-32(27)40-33(26)28/h1-7,9-15,18-20,22,29,31H,8,16-17,21H2,(H,36,38)/t29-,31-/m0/s1. The summed E-state index contributed by atoms with van der Waals surface area (Å²) in [6.45, 7) is 0.551. The van der Waals surface area contributed by atoms with E-state index in [9.17, 15) is 4.79 Å². The van der Waals surface area contributed by atoms with Crippen molar-refractivity contribution >= 4 is 37.4 Å². The lowest BCUT2D eigenvalue weighted by Crippen LogP contribution is -2.41. The lowest BCUT2D eigenvalue weighted by atomic mass is 10.0. The fraction of sp³-hybridized carbons (Fsp3) is 0.176. The van der Waals surface area contributed by atoms with E-state index in [0.717, 1.165) is 36.1 Å². The lowest BCUT2D eigenvalue weighted by molar-refractivity contribution is 0.0271. The van der Waals surface area contributed by atoms with Gasteiger partial charge in [0.05, 0.1) is 31.3 Å². The van der Waals surface area contributed by atoms with Crippen LogP contribution in [-0.4, -0.2) is 27.6 Å². The minimum atomic E-state index is -0.130. The van der Waals surface area contributed by atoms with Crippen LogP contribution in [0.4, 0.5) is 0 Å². The molecule has 6 heteroatoms. The number of carbonyl (C=O) groups excluding carboxylic acids is 1. The molecule has 0 bridgehead atoms. The molecule has 1 saturated carbocycles. The molecule has 2 aromatic heterocycles. The van der Waals surface area contributed by atoms with E-state index >= 15 is 0 Å². The molecule has 1 aliphatic rings. The molecular formula is C34H29N3O2S. The zero-order valence-electron chi connectivity index (χ0n) is 22.0. The van der Waals surface area contributed by atoms with Gasteiger partial charge in [0.2, 0.25) is 0 Å². The highest BCUT2D eigenvalue weighted by molar-refractivity contribution is 7.26. The summed E-state index contributed by atoms with van der Waals surface area (Å²) in [6, 6.07) is 33.5. The third-order valence-corrected chi connectivity index (χ3v) is 9.01. The molecule has 198 valence electrons. The first-order valence-electron chi connectivity index (χ1n) is 13.7. The molecule has 0 spiro atoms. The third kappa shape index (κ3) is 4.70. The van der Waals surface area contributed by atoms with Gasteiger partial charge in [-0.3, -0.25) is 9.36 Å². The van der Waals surface area contributed by atoms with Crippen LogP contribution >= 0.6 is 11.3 Å². The number of fused-ring (bicyclic) bond motifs is 3. The number of aromatic nitrogens is 2. The maximum absolute atomic E-state index is 13.5. The molecule has 4 aromatic carbocycles. The van der Waals surface area contributed by atoms with Crippen molar-refractivity contribution in [3.63, 3.8) is 0 Å². The Labute approximate surface area is 237 Å². The molecule has 2 heterocycles. The van der Waals surface area contributed by atoms with Crippen molar-refractivity contribution in [2.45, 2.75) is 38.0 Å². The number of rotatable bonds is 7. The second-order valence-corrected chi connectivity index (χ2v) is 11.4. The third-order valence-electron chi connectivity index (χ3n) is 7.79. The summed E-state index contributed by atoms with van der Waals surface area (Å²) in [5, 5.41) is 5.79. The van der Waals surface area contributed by atoms with E-state index in [0.29, 0.717) is 12.3 Å². The second-order valence-electron chi connectivity index (χ2n) is 10.3. The van der Waals surface area contributed by atoms with Crippen LogP contribution in [0.2, 0.25) is 0 Å². The summed E-state index contributed by atoms with van der Waals surface area (Å²) in [6.07, 6.45) is 6.26. The number of carbonyl (C=O) groups is 1. The fourth-order valence-corrected chi connectivity index (χ4v) is 7.02. The molecule has 1 N–H and O–H groups in total. The summed E-state index contributed by atoms with van der Waals surface area (Å²) in [5.41, 5.74) is 4.87. The number of nitrogens with zero attached hydrogens (tertiary/aromatic N) is 2. The van der Waals surface area contributed by atoms with Crippen molar-refractivity contribution in [3.8, 4) is 16.8 Å². The Morgan fingerprint density at radius 1 is 0.925 bits per heavy atom. The highest BCUT2D eigenvalue weighted by atomic mass is 32.1. The maximum Gasteiger partial charge on any atom is 0.270 e. The van der Waals surface area contributed by atoms with Crippen molar-refractivity contribution in [2.24, 2.45) is 0 Å². The monoisotopic (exact) mass is 543 g/mol. The number of imidazole rings is 1. The Kier molecular flexibility index (Phi) is 6.63. The van der Waals surface area contributed by atoms with E-state index in [2.05, 4.69) is 77.0 Å². The Balaban J connectivity index is 1.13. The van der Waals surface area contributed by atoms with Crippen LogP contribution in [0.1, 0.15) is 35.3 Å². The summed E-state index contributed by atoms with van der Waals surface area (Å²) >= 11 is 1.82. The molecule has 1 fully saturated rings. The quantitative estimate of drug-likeness (QED) is 0.224. The van der Waals surface area contributed by atoms with Gasteiger partial charge in [-0.1, -0.05) is 78.9 Å². The molecule has 0 aliphatic heterocycles. The Morgan fingerprint density at radius 2 is 1.75 bits per heavy atom. The van der Waals surface area contributed by atoms with Gasteiger partial charge in [-0.15, -0.1) is 11.3 Å². The molecule has 6 aromatic rings. The number of thiophene rings is 1. The number of hydrogen-bond acceptors (Lipinski definition) is 4. The van der Waals surface area contributed by atoms with Gasteiger partial charge >= 0.3 is 0 Å².